The highest BCUT2D eigenvalue weighted by Gasteiger charge is 2.47. The molecule has 0 radical (unpaired) electrons. The lowest BCUT2D eigenvalue weighted by Crippen LogP contribution is -2.37. The van der Waals surface area contributed by atoms with Crippen LogP contribution in [0.25, 0.3) is 0 Å². The third-order valence-electron chi connectivity index (χ3n) is 4.84. The van der Waals surface area contributed by atoms with E-state index >= 15 is 0 Å². The first-order valence-electron chi connectivity index (χ1n) is 8.54. The minimum Gasteiger partial charge on any atom is -0.378 e. The highest BCUT2D eigenvalue weighted by Crippen LogP contribution is 2.46. The monoisotopic (exact) mass is 341 g/mol. The van der Waals surface area contributed by atoms with Crippen molar-refractivity contribution in [3.63, 3.8) is 0 Å². The van der Waals surface area contributed by atoms with Crippen molar-refractivity contribution in [2.75, 3.05) is 31.2 Å². The number of halogens is 1. The zero-order valence-corrected chi connectivity index (χ0v) is 13.9. The molecule has 4 rings (SSSR count). The van der Waals surface area contributed by atoms with Gasteiger partial charge in [0, 0.05) is 24.8 Å². The SMILES string of the molecule is O=C(NC1(c2ccccc2F)CC1)c1ccc(N2CCOCC2)nc1. The zero-order chi connectivity index (χ0) is 17.3. The van der Waals surface area contributed by atoms with Crippen LogP contribution in [-0.4, -0.2) is 37.2 Å². The average molecular weight is 341 g/mol. The van der Waals surface area contributed by atoms with Gasteiger partial charge in [0.05, 0.1) is 24.3 Å². The third-order valence-corrected chi connectivity index (χ3v) is 4.84. The number of carbonyl (C=O) groups excluding carboxylic acids is 1. The van der Waals surface area contributed by atoms with Gasteiger partial charge in [0.2, 0.25) is 0 Å². The molecule has 1 aliphatic heterocycles. The van der Waals surface area contributed by atoms with Crippen LogP contribution in [0.1, 0.15) is 28.8 Å². The molecule has 1 saturated heterocycles. The number of carbonyl (C=O) groups is 1. The number of aromatic nitrogens is 1. The van der Waals surface area contributed by atoms with Crippen LogP contribution in [0.4, 0.5) is 10.2 Å². The number of ether oxygens (including phenoxy) is 1. The Bertz CT molecular complexity index is 768. The molecule has 2 aromatic rings. The minimum atomic E-state index is -0.578. The number of anilines is 1. The number of nitrogens with one attached hydrogen (secondary N) is 1. The fourth-order valence-electron chi connectivity index (χ4n) is 3.23. The first kappa shape index (κ1) is 16.0. The molecule has 1 aromatic carbocycles. The van der Waals surface area contributed by atoms with E-state index in [0.29, 0.717) is 24.3 Å². The molecule has 1 saturated carbocycles. The van der Waals surface area contributed by atoms with Crippen molar-refractivity contribution < 1.29 is 13.9 Å². The van der Waals surface area contributed by atoms with Crippen LogP contribution in [0.15, 0.2) is 42.6 Å². The Kier molecular flexibility index (Phi) is 4.13. The molecule has 1 aromatic heterocycles. The quantitative estimate of drug-likeness (QED) is 0.928. The van der Waals surface area contributed by atoms with Gasteiger partial charge in [-0.15, -0.1) is 0 Å². The van der Waals surface area contributed by atoms with Gasteiger partial charge in [0.15, 0.2) is 0 Å². The van der Waals surface area contributed by atoms with Gasteiger partial charge in [0.25, 0.3) is 5.91 Å². The van der Waals surface area contributed by atoms with E-state index in [1.807, 2.05) is 6.07 Å². The summed E-state index contributed by atoms with van der Waals surface area (Å²) in [5, 5.41) is 2.99. The predicted octanol–water partition coefficient (Wildman–Crippen LogP) is 2.48. The molecule has 0 unspecified atom stereocenters. The van der Waals surface area contributed by atoms with Gasteiger partial charge in [-0.25, -0.2) is 9.37 Å². The molecule has 130 valence electrons. The van der Waals surface area contributed by atoms with E-state index in [2.05, 4.69) is 15.2 Å². The Morgan fingerprint density at radius 3 is 2.56 bits per heavy atom. The Balaban J connectivity index is 1.47. The lowest BCUT2D eigenvalue weighted by molar-refractivity contribution is 0.0929. The van der Waals surface area contributed by atoms with E-state index in [-0.39, 0.29) is 11.7 Å². The van der Waals surface area contributed by atoms with Crippen molar-refractivity contribution >= 4 is 11.7 Å². The van der Waals surface area contributed by atoms with Crippen LogP contribution in [0, 0.1) is 5.82 Å². The Morgan fingerprint density at radius 1 is 1.16 bits per heavy atom. The summed E-state index contributed by atoms with van der Waals surface area (Å²) in [6.45, 7) is 2.98. The van der Waals surface area contributed by atoms with Crippen LogP contribution in [-0.2, 0) is 10.3 Å². The lowest BCUT2D eigenvalue weighted by Gasteiger charge is -2.27. The zero-order valence-electron chi connectivity index (χ0n) is 13.9. The molecule has 1 amide bonds. The van der Waals surface area contributed by atoms with E-state index in [1.54, 1.807) is 30.5 Å². The van der Waals surface area contributed by atoms with E-state index in [1.165, 1.54) is 6.07 Å². The number of hydrogen-bond acceptors (Lipinski definition) is 4. The van der Waals surface area contributed by atoms with Gasteiger partial charge >= 0.3 is 0 Å². The maximum Gasteiger partial charge on any atom is 0.253 e. The Morgan fingerprint density at radius 2 is 1.92 bits per heavy atom. The van der Waals surface area contributed by atoms with Crippen molar-refractivity contribution in [3.05, 3.63) is 59.5 Å². The average Bonchev–Trinajstić information content (AvgIpc) is 3.43. The molecule has 6 heteroatoms. The van der Waals surface area contributed by atoms with E-state index in [0.717, 1.165) is 31.7 Å². The van der Waals surface area contributed by atoms with Crippen molar-refractivity contribution in [2.45, 2.75) is 18.4 Å². The second-order valence-electron chi connectivity index (χ2n) is 6.52. The summed E-state index contributed by atoms with van der Waals surface area (Å²) in [6, 6.07) is 10.2. The van der Waals surface area contributed by atoms with Crippen LogP contribution in [0.2, 0.25) is 0 Å². The fraction of sp³-hybridized carbons (Fsp3) is 0.368. The van der Waals surface area contributed by atoms with Crippen LogP contribution in [0.5, 0.6) is 0 Å². The van der Waals surface area contributed by atoms with Gasteiger partial charge < -0.3 is 15.0 Å². The molecule has 2 aliphatic rings. The number of benzene rings is 1. The van der Waals surface area contributed by atoms with Gasteiger partial charge in [0.1, 0.15) is 11.6 Å². The van der Waals surface area contributed by atoms with Gasteiger partial charge in [-0.05, 0) is 31.0 Å². The summed E-state index contributed by atoms with van der Waals surface area (Å²) in [7, 11) is 0. The van der Waals surface area contributed by atoms with Crippen molar-refractivity contribution in [1.82, 2.24) is 10.3 Å². The number of nitrogens with zero attached hydrogens (tertiary/aromatic N) is 2. The molecule has 2 fully saturated rings. The molecule has 1 N–H and O–H groups in total. The molecule has 0 spiro atoms. The molecular weight excluding hydrogens is 321 g/mol. The van der Waals surface area contributed by atoms with Gasteiger partial charge in [-0.1, -0.05) is 18.2 Å². The number of rotatable bonds is 4. The summed E-state index contributed by atoms with van der Waals surface area (Å²) >= 11 is 0. The molecule has 25 heavy (non-hydrogen) atoms. The first-order valence-corrected chi connectivity index (χ1v) is 8.54. The van der Waals surface area contributed by atoms with E-state index < -0.39 is 5.54 Å². The third kappa shape index (κ3) is 3.22. The maximum atomic E-state index is 14.1. The van der Waals surface area contributed by atoms with Crippen LogP contribution >= 0.6 is 0 Å². The fourth-order valence-corrected chi connectivity index (χ4v) is 3.23. The Labute approximate surface area is 145 Å². The van der Waals surface area contributed by atoms with Crippen LogP contribution in [0.3, 0.4) is 0 Å². The summed E-state index contributed by atoms with van der Waals surface area (Å²) in [5.74, 6) is 0.345. The number of pyridine rings is 1. The normalized spacial score (nSPS) is 18.7. The van der Waals surface area contributed by atoms with Gasteiger partial charge in [-0.2, -0.15) is 0 Å². The lowest BCUT2D eigenvalue weighted by atomic mass is 10.0. The highest BCUT2D eigenvalue weighted by molar-refractivity contribution is 5.95. The standard InChI is InChI=1S/C19H20FN3O2/c20-16-4-2-1-3-15(16)19(7-8-19)22-18(24)14-5-6-17(21-13-14)23-9-11-25-12-10-23/h1-6,13H,7-12H2,(H,22,24). The summed E-state index contributed by atoms with van der Waals surface area (Å²) < 4.78 is 19.4. The topological polar surface area (TPSA) is 54.5 Å². The van der Waals surface area contributed by atoms with Crippen LogP contribution < -0.4 is 10.2 Å². The summed E-state index contributed by atoms with van der Waals surface area (Å²) in [4.78, 5) is 19.1. The highest BCUT2D eigenvalue weighted by atomic mass is 19.1. The summed E-state index contributed by atoms with van der Waals surface area (Å²) in [5.41, 5.74) is 0.464. The number of hydrogen-bond donors (Lipinski definition) is 1. The molecule has 0 atom stereocenters. The smallest absolute Gasteiger partial charge is 0.253 e. The minimum absolute atomic E-state index is 0.221. The second kappa shape index (κ2) is 6.44. The molecular formula is C19H20FN3O2. The van der Waals surface area contributed by atoms with E-state index in [9.17, 15) is 9.18 Å². The molecule has 5 nitrogen and oxygen atoms in total. The van der Waals surface area contributed by atoms with Crippen molar-refractivity contribution in [3.8, 4) is 0 Å². The largest absolute Gasteiger partial charge is 0.378 e. The molecule has 1 aliphatic carbocycles. The number of morpholine rings is 1. The maximum absolute atomic E-state index is 14.1. The summed E-state index contributed by atoms with van der Waals surface area (Å²) in [6.07, 6.45) is 3.08. The Hall–Kier alpha value is -2.47. The van der Waals surface area contributed by atoms with Crippen molar-refractivity contribution in [1.29, 1.82) is 0 Å². The number of amides is 1. The second-order valence-corrected chi connectivity index (χ2v) is 6.52. The van der Waals surface area contributed by atoms with Crippen molar-refractivity contribution in [2.24, 2.45) is 0 Å². The first-order chi connectivity index (χ1) is 12.2. The predicted molar refractivity (Wildman–Crippen MR) is 92.0 cm³/mol. The van der Waals surface area contributed by atoms with Gasteiger partial charge in [-0.3, -0.25) is 4.79 Å². The van der Waals surface area contributed by atoms with E-state index in [4.69, 9.17) is 4.74 Å². The molecule has 2 heterocycles. The molecule has 0 bridgehead atoms.